The highest BCUT2D eigenvalue weighted by molar-refractivity contribution is 9.10. The van der Waals surface area contributed by atoms with Crippen LogP contribution in [0.1, 0.15) is 10.4 Å². The number of nitrogens with zero attached hydrogens (tertiary/aromatic N) is 1. The Morgan fingerprint density at radius 3 is 2.60 bits per heavy atom. The number of hydrogen-bond acceptors (Lipinski definition) is 2. The second-order valence-corrected chi connectivity index (χ2v) is 5.19. The fraction of sp³-hybridized carbons (Fsp3) is 0. The fourth-order valence-electron chi connectivity index (χ4n) is 2.10. The minimum Gasteiger partial charge on any atom is -0.321 e. The van der Waals surface area contributed by atoms with Gasteiger partial charge in [0, 0.05) is 16.2 Å². The normalized spacial score (nSPS) is 10.4. The maximum absolute atomic E-state index is 12.4. The molecule has 3 rings (SSSR count). The number of nitrogens with one attached hydrogen (secondary N) is 1. The topological polar surface area (TPSA) is 42.0 Å². The predicted molar refractivity (Wildman–Crippen MR) is 83.8 cm³/mol. The molecule has 1 amide bonds. The number of aromatic nitrogens is 1. The molecule has 20 heavy (non-hydrogen) atoms. The number of halogens is 1. The van der Waals surface area contributed by atoms with Crippen molar-refractivity contribution < 1.29 is 4.79 Å². The van der Waals surface area contributed by atoms with E-state index in [-0.39, 0.29) is 5.91 Å². The van der Waals surface area contributed by atoms with Crippen LogP contribution < -0.4 is 5.32 Å². The first-order valence-electron chi connectivity index (χ1n) is 6.14. The molecule has 0 fully saturated rings. The van der Waals surface area contributed by atoms with Crippen molar-refractivity contribution in [3.05, 3.63) is 71.0 Å². The van der Waals surface area contributed by atoms with Crippen molar-refractivity contribution in [2.75, 3.05) is 5.32 Å². The van der Waals surface area contributed by atoms with Gasteiger partial charge in [-0.25, -0.2) is 0 Å². The molecular weight excluding hydrogens is 316 g/mol. The summed E-state index contributed by atoms with van der Waals surface area (Å²) in [7, 11) is 0. The molecule has 0 radical (unpaired) electrons. The van der Waals surface area contributed by atoms with Crippen LogP contribution in [0.5, 0.6) is 0 Å². The number of carbonyl (C=O) groups excluding carboxylic acids is 1. The van der Waals surface area contributed by atoms with Crippen molar-refractivity contribution >= 4 is 38.3 Å². The Balaban J connectivity index is 2.02. The maximum atomic E-state index is 12.4. The van der Waals surface area contributed by atoms with Crippen molar-refractivity contribution in [1.29, 1.82) is 0 Å². The molecule has 3 nitrogen and oxygen atoms in total. The smallest absolute Gasteiger partial charge is 0.256 e. The van der Waals surface area contributed by atoms with Crippen molar-refractivity contribution in [2.45, 2.75) is 0 Å². The van der Waals surface area contributed by atoms with Crippen molar-refractivity contribution in [3.63, 3.8) is 0 Å². The molecule has 0 saturated heterocycles. The lowest BCUT2D eigenvalue weighted by Crippen LogP contribution is -2.12. The van der Waals surface area contributed by atoms with Crippen LogP contribution in [0.15, 0.2) is 65.4 Å². The summed E-state index contributed by atoms with van der Waals surface area (Å²) in [4.78, 5) is 16.4. The maximum Gasteiger partial charge on any atom is 0.256 e. The zero-order chi connectivity index (χ0) is 13.9. The summed E-state index contributed by atoms with van der Waals surface area (Å²) in [5, 5.41) is 4.79. The third-order valence-electron chi connectivity index (χ3n) is 3.03. The molecule has 1 N–H and O–H groups in total. The molecule has 4 heteroatoms. The molecule has 0 atom stereocenters. The van der Waals surface area contributed by atoms with Crippen LogP contribution in [0.3, 0.4) is 0 Å². The summed E-state index contributed by atoms with van der Waals surface area (Å²) in [5.74, 6) is -0.137. The molecule has 1 heterocycles. The van der Waals surface area contributed by atoms with Gasteiger partial charge < -0.3 is 5.32 Å². The summed E-state index contributed by atoms with van der Waals surface area (Å²) < 4.78 is 0.978. The first-order valence-corrected chi connectivity index (χ1v) is 6.93. The van der Waals surface area contributed by atoms with Gasteiger partial charge in [0.2, 0.25) is 0 Å². The number of rotatable bonds is 2. The average Bonchev–Trinajstić information content (AvgIpc) is 2.48. The minimum atomic E-state index is -0.137. The summed E-state index contributed by atoms with van der Waals surface area (Å²) in [6, 6.07) is 15.1. The van der Waals surface area contributed by atoms with Gasteiger partial charge in [-0.05, 0) is 35.0 Å². The number of amides is 1. The van der Waals surface area contributed by atoms with Crippen molar-refractivity contribution in [2.24, 2.45) is 0 Å². The van der Waals surface area contributed by atoms with Crippen LogP contribution in [-0.2, 0) is 0 Å². The van der Waals surface area contributed by atoms with Gasteiger partial charge in [0.05, 0.1) is 11.9 Å². The Kier molecular flexibility index (Phi) is 3.48. The highest BCUT2D eigenvalue weighted by Crippen LogP contribution is 2.26. The molecule has 98 valence electrons. The second-order valence-electron chi connectivity index (χ2n) is 4.34. The molecular formula is C16H11BrN2O. The van der Waals surface area contributed by atoms with E-state index in [0.29, 0.717) is 11.3 Å². The second kappa shape index (κ2) is 5.43. The summed E-state index contributed by atoms with van der Waals surface area (Å²) in [6.07, 6.45) is 3.30. The zero-order valence-electron chi connectivity index (χ0n) is 10.5. The zero-order valence-corrected chi connectivity index (χ0v) is 12.1. The molecule has 3 aromatic rings. The van der Waals surface area contributed by atoms with Crippen LogP contribution in [0, 0.1) is 0 Å². The monoisotopic (exact) mass is 326 g/mol. The Morgan fingerprint density at radius 1 is 1.00 bits per heavy atom. The third-order valence-corrected chi connectivity index (χ3v) is 3.72. The lowest BCUT2D eigenvalue weighted by molar-refractivity contribution is 0.102. The predicted octanol–water partition coefficient (Wildman–Crippen LogP) is 4.25. The molecule has 0 aliphatic carbocycles. The fourth-order valence-corrected chi connectivity index (χ4v) is 2.60. The van der Waals surface area contributed by atoms with Gasteiger partial charge in [-0.3, -0.25) is 9.78 Å². The van der Waals surface area contributed by atoms with E-state index < -0.39 is 0 Å². The van der Waals surface area contributed by atoms with E-state index in [2.05, 4.69) is 26.2 Å². The van der Waals surface area contributed by atoms with E-state index >= 15 is 0 Å². The van der Waals surface area contributed by atoms with E-state index in [9.17, 15) is 4.79 Å². The Hall–Kier alpha value is -2.20. The summed E-state index contributed by atoms with van der Waals surface area (Å²) in [5.41, 5.74) is 1.33. The van der Waals surface area contributed by atoms with Gasteiger partial charge in [-0.1, -0.05) is 40.2 Å². The van der Waals surface area contributed by atoms with Crippen molar-refractivity contribution in [1.82, 2.24) is 4.98 Å². The van der Waals surface area contributed by atoms with Gasteiger partial charge in [-0.2, -0.15) is 0 Å². The molecule has 0 bridgehead atoms. The van der Waals surface area contributed by atoms with Crippen molar-refractivity contribution in [3.8, 4) is 0 Å². The number of carbonyl (C=O) groups is 1. The van der Waals surface area contributed by atoms with Crippen LogP contribution >= 0.6 is 15.9 Å². The van der Waals surface area contributed by atoms with E-state index in [1.165, 1.54) is 0 Å². The van der Waals surface area contributed by atoms with Gasteiger partial charge in [0.25, 0.3) is 5.91 Å². The molecule has 1 aromatic heterocycles. The first kappa shape index (κ1) is 12.8. The Bertz CT molecular complexity index is 772. The number of hydrogen-bond donors (Lipinski definition) is 1. The average molecular weight is 327 g/mol. The minimum absolute atomic E-state index is 0.137. The van der Waals surface area contributed by atoms with E-state index in [1.54, 1.807) is 18.5 Å². The molecule has 0 spiro atoms. The highest BCUT2D eigenvalue weighted by atomic mass is 79.9. The van der Waals surface area contributed by atoms with Crippen LogP contribution in [0.25, 0.3) is 10.8 Å². The number of pyridine rings is 1. The summed E-state index contributed by atoms with van der Waals surface area (Å²) >= 11 is 3.51. The quantitative estimate of drug-likeness (QED) is 0.764. The van der Waals surface area contributed by atoms with Crippen LogP contribution in [-0.4, -0.2) is 10.9 Å². The molecule has 0 unspecified atom stereocenters. The lowest BCUT2D eigenvalue weighted by atomic mass is 10.0. The molecule has 0 saturated carbocycles. The Morgan fingerprint density at radius 2 is 1.80 bits per heavy atom. The number of benzene rings is 2. The SMILES string of the molecule is O=C(Nc1cccnc1)c1cccc2c(Br)cccc12. The highest BCUT2D eigenvalue weighted by Gasteiger charge is 2.11. The van der Waals surface area contributed by atoms with Crippen LogP contribution in [0.4, 0.5) is 5.69 Å². The van der Waals surface area contributed by atoms with E-state index in [4.69, 9.17) is 0 Å². The molecule has 2 aromatic carbocycles. The molecule has 0 aliphatic rings. The largest absolute Gasteiger partial charge is 0.321 e. The standard InChI is InChI=1S/C16H11BrN2O/c17-15-8-2-5-12-13(15)6-1-7-14(12)16(20)19-11-4-3-9-18-10-11/h1-10H,(H,19,20). The van der Waals surface area contributed by atoms with Crippen LogP contribution in [0.2, 0.25) is 0 Å². The Labute approximate surface area is 124 Å². The van der Waals surface area contributed by atoms with E-state index in [0.717, 1.165) is 15.2 Å². The third kappa shape index (κ3) is 2.42. The lowest BCUT2D eigenvalue weighted by Gasteiger charge is -2.08. The summed E-state index contributed by atoms with van der Waals surface area (Å²) in [6.45, 7) is 0. The number of anilines is 1. The first-order chi connectivity index (χ1) is 9.75. The number of fused-ring (bicyclic) bond motifs is 1. The van der Waals surface area contributed by atoms with Gasteiger partial charge in [-0.15, -0.1) is 0 Å². The van der Waals surface area contributed by atoms with E-state index in [1.807, 2.05) is 42.5 Å². The van der Waals surface area contributed by atoms with Gasteiger partial charge >= 0.3 is 0 Å². The van der Waals surface area contributed by atoms with Gasteiger partial charge in [0.15, 0.2) is 0 Å². The van der Waals surface area contributed by atoms with Gasteiger partial charge in [0.1, 0.15) is 0 Å². The molecule has 0 aliphatic heterocycles.